The van der Waals surface area contributed by atoms with Crippen molar-refractivity contribution in [2.75, 3.05) is 14.2 Å². The van der Waals surface area contributed by atoms with Gasteiger partial charge in [-0.25, -0.2) is 4.79 Å². The molecule has 0 aliphatic rings. The highest BCUT2D eigenvalue weighted by Crippen LogP contribution is 1.99. The van der Waals surface area contributed by atoms with Crippen molar-refractivity contribution in [1.82, 2.24) is 5.32 Å². The molecule has 0 aromatic rings. The van der Waals surface area contributed by atoms with Gasteiger partial charge in [-0.3, -0.25) is 4.79 Å². The summed E-state index contributed by atoms with van der Waals surface area (Å²) in [5.74, 6) is -0.167. The molecule has 0 bridgehead atoms. The van der Waals surface area contributed by atoms with Crippen molar-refractivity contribution in [2.24, 2.45) is 0 Å². The van der Waals surface area contributed by atoms with Crippen LogP contribution < -0.4 is 5.32 Å². The quantitative estimate of drug-likeness (QED) is 0.803. The van der Waals surface area contributed by atoms with Crippen molar-refractivity contribution in [3.63, 3.8) is 0 Å². The van der Waals surface area contributed by atoms with Gasteiger partial charge in [0, 0.05) is 7.11 Å². The molecule has 0 aromatic carbocycles. The minimum absolute atomic E-state index is 0.167. The summed E-state index contributed by atoms with van der Waals surface area (Å²) in [4.78, 5) is 21.9. The molecule has 16 heavy (non-hydrogen) atoms. The van der Waals surface area contributed by atoms with Crippen LogP contribution in [0, 0.1) is 0 Å². The van der Waals surface area contributed by atoms with Gasteiger partial charge in [0.25, 0.3) is 0 Å². The molecule has 96 valence electrons. The Bertz CT molecular complexity index is 206. The highest BCUT2D eigenvalue weighted by Gasteiger charge is 2.23. The average Bonchev–Trinajstić information content (AvgIpc) is 2.25. The Morgan fingerprint density at radius 2 is 1.69 bits per heavy atom. The number of amides is 1. The third-order valence-corrected chi connectivity index (χ3v) is 1.74. The van der Waals surface area contributed by atoms with Gasteiger partial charge in [0.1, 0.15) is 6.04 Å². The normalized spacial score (nSPS) is 12.9. The second-order valence-corrected chi connectivity index (χ2v) is 3.37. The number of ether oxygens (including phenoxy) is 2. The Morgan fingerprint density at radius 1 is 1.25 bits per heavy atom. The number of Topliss-reactive ketones (excluding diaryl/α,β-unsaturated/α-hetero) is 1. The van der Waals surface area contributed by atoms with Gasteiger partial charge in [-0.1, -0.05) is 20.3 Å². The van der Waals surface area contributed by atoms with E-state index >= 15 is 0 Å². The SMILES string of the molecule is CCC.COC(=O)NC(C(C)=O)C(C)OC. The topological polar surface area (TPSA) is 64.6 Å². The molecule has 0 saturated carbocycles. The van der Waals surface area contributed by atoms with Gasteiger partial charge in [0.05, 0.1) is 13.2 Å². The lowest BCUT2D eigenvalue weighted by Crippen LogP contribution is -2.47. The largest absolute Gasteiger partial charge is 0.453 e. The molecule has 5 nitrogen and oxygen atoms in total. The average molecular weight is 233 g/mol. The molecule has 0 saturated heterocycles. The molecule has 1 amide bonds. The summed E-state index contributed by atoms with van der Waals surface area (Å²) in [7, 11) is 2.71. The number of rotatable bonds is 4. The van der Waals surface area contributed by atoms with E-state index in [1.54, 1.807) is 6.92 Å². The molecule has 2 unspecified atom stereocenters. The van der Waals surface area contributed by atoms with E-state index in [-0.39, 0.29) is 11.9 Å². The van der Waals surface area contributed by atoms with Crippen LogP contribution in [-0.2, 0) is 14.3 Å². The summed E-state index contributed by atoms with van der Waals surface area (Å²) >= 11 is 0. The lowest BCUT2D eigenvalue weighted by Gasteiger charge is -2.20. The minimum atomic E-state index is -0.655. The zero-order chi connectivity index (χ0) is 13.1. The minimum Gasteiger partial charge on any atom is -0.453 e. The van der Waals surface area contributed by atoms with E-state index in [9.17, 15) is 9.59 Å². The molecule has 0 aliphatic heterocycles. The fraction of sp³-hybridized carbons (Fsp3) is 0.818. The second-order valence-electron chi connectivity index (χ2n) is 3.37. The number of hydrogen-bond donors (Lipinski definition) is 1. The van der Waals surface area contributed by atoms with E-state index in [1.807, 2.05) is 0 Å². The number of alkyl carbamates (subject to hydrolysis) is 1. The van der Waals surface area contributed by atoms with Crippen LogP contribution in [0.15, 0.2) is 0 Å². The van der Waals surface area contributed by atoms with Crippen LogP contribution in [0.1, 0.15) is 34.1 Å². The van der Waals surface area contributed by atoms with Crippen molar-refractivity contribution in [3.8, 4) is 0 Å². The lowest BCUT2D eigenvalue weighted by molar-refractivity contribution is -0.121. The summed E-state index contributed by atoms with van der Waals surface area (Å²) in [5, 5.41) is 2.38. The number of carbonyl (C=O) groups excluding carboxylic acids is 2. The molecule has 0 radical (unpaired) electrons. The van der Waals surface area contributed by atoms with Crippen LogP contribution >= 0.6 is 0 Å². The smallest absolute Gasteiger partial charge is 0.407 e. The summed E-state index contributed by atoms with van der Waals surface area (Å²) in [6.07, 6.45) is 0.251. The van der Waals surface area contributed by atoms with E-state index in [2.05, 4.69) is 23.9 Å². The monoisotopic (exact) mass is 233 g/mol. The van der Waals surface area contributed by atoms with Crippen LogP contribution in [0.3, 0.4) is 0 Å². The van der Waals surface area contributed by atoms with Gasteiger partial charge in [-0.05, 0) is 13.8 Å². The van der Waals surface area contributed by atoms with Gasteiger partial charge in [-0.15, -0.1) is 0 Å². The van der Waals surface area contributed by atoms with Crippen LogP contribution in [-0.4, -0.2) is 38.2 Å². The number of carbonyl (C=O) groups is 2. The van der Waals surface area contributed by atoms with Crippen molar-refractivity contribution in [1.29, 1.82) is 0 Å². The summed E-state index contributed by atoms with van der Waals surface area (Å²) in [6.45, 7) is 7.33. The first kappa shape index (κ1) is 17.3. The summed E-state index contributed by atoms with van der Waals surface area (Å²) < 4.78 is 9.30. The number of methoxy groups -OCH3 is 2. The Labute approximate surface area is 97.5 Å². The highest BCUT2D eigenvalue weighted by molar-refractivity contribution is 5.85. The number of ketones is 1. The molecular weight excluding hydrogens is 210 g/mol. The van der Waals surface area contributed by atoms with Gasteiger partial charge >= 0.3 is 6.09 Å². The highest BCUT2D eigenvalue weighted by atomic mass is 16.5. The molecule has 0 heterocycles. The zero-order valence-electron chi connectivity index (χ0n) is 11.0. The number of hydrogen-bond acceptors (Lipinski definition) is 4. The predicted molar refractivity (Wildman–Crippen MR) is 62.4 cm³/mol. The van der Waals surface area contributed by atoms with E-state index in [0.717, 1.165) is 0 Å². The molecule has 2 atom stereocenters. The first-order valence-electron chi connectivity index (χ1n) is 5.32. The van der Waals surface area contributed by atoms with Gasteiger partial charge < -0.3 is 14.8 Å². The molecule has 0 aliphatic carbocycles. The molecule has 0 rings (SSSR count). The third-order valence-electron chi connectivity index (χ3n) is 1.74. The van der Waals surface area contributed by atoms with Crippen molar-refractivity contribution in [3.05, 3.63) is 0 Å². The van der Waals surface area contributed by atoms with E-state index in [1.165, 1.54) is 27.6 Å². The van der Waals surface area contributed by atoms with Crippen LogP contribution in [0.2, 0.25) is 0 Å². The maximum Gasteiger partial charge on any atom is 0.407 e. The van der Waals surface area contributed by atoms with E-state index in [4.69, 9.17) is 4.74 Å². The van der Waals surface area contributed by atoms with Crippen molar-refractivity contribution in [2.45, 2.75) is 46.3 Å². The molecule has 5 heteroatoms. The fourth-order valence-electron chi connectivity index (χ4n) is 0.871. The molecule has 0 spiro atoms. The Morgan fingerprint density at radius 3 is 1.94 bits per heavy atom. The van der Waals surface area contributed by atoms with E-state index in [0.29, 0.717) is 0 Å². The van der Waals surface area contributed by atoms with Gasteiger partial charge in [0.2, 0.25) is 0 Å². The lowest BCUT2D eigenvalue weighted by atomic mass is 10.1. The number of nitrogens with one attached hydrogen (secondary N) is 1. The third kappa shape index (κ3) is 8.23. The predicted octanol–water partition coefficient (Wildman–Crippen LogP) is 1.75. The molecular formula is C11H23NO4. The summed E-state index contributed by atoms with van der Waals surface area (Å²) in [6, 6.07) is -0.655. The maximum atomic E-state index is 11.0. The Hall–Kier alpha value is -1.10. The van der Waals surface area contributed by atoms with Gasteiger partial charge in [-0.2, -0.15) is 0 Å². The van der Waals surface area contributed by atoms with E-state index < -0.39 is 12.1 Å². The fourth-order valence-corrected chi connectivity index (χ4v) is 0.871. The first-order chi connectivity index (χ1) is 7.44. The summed E-state index contributed by atoms with van der Waals surface area (Å²) in [5.41, 5.74) is 0. The van der Waals surface area contributed by atoms with Crippen LogP contribution in [0.25, 0.3) is 0 Å². The molecule has 1 N–H and O–H groups in total. The second kappa shape index (κ2) is 10.4. The van der Waals surface area contributed by atoms with Crippen molar-refractivity contribution >= 4 is 11.9 Å². The maximum absolute atomic E-state index is 11.0. The standard InChI is InChI=1S/C8H15NO4.C3H8/c1-5(10)7(6(2)12-3)9-8(11)13-4;1-3-2/h6-7H,1-4H3,(H,9,11);3H2,1-2H3. The Balaban J connectivity index is 0. The first-order valence-corrected chi connectivity index (χ1v) is 5.32. The van der Waals surface area contributed by atoms with Crippen molar-refractivity contribution < 1.29 is 19.1 Å². The van der Waals surface area contributed by atoms with Crippen LogP contribution in [0.4, 0.5) is 4.79 Å². The Kier molecular flexibility index (Phi) is 11.3. The molecule has 0 aromatic heterocycles. The van der Waals surface area contributed by atoms with Crippen LogP contribution in [0.5, 0.6) is 0 Å². The van der Waals surface area contributed by atoms with Gasteiger partial charge in [0.15, 0.2) is 5.78 Å². The zero-order valence-corrected chi connectivity index (χ0v) is 11.0. The molecule has 0 fully saturated rings.